The second-order valence-corrected chi connectivity index (χ2v) is 10.8. The molecule has 2 saturated heterocycles. The lowest BCUT2D eigenvalue weighted by Gasteiger charge is -2.26. The molecule has 11 heteroatoms. The summed E-state index contributed by atoms with van der Waals surface area (Å²) in [5.74, 6) is -1.31. The third kappa shape index (κ3) is 19.2. The summed E-state index contributed by atoms with van der Waals surface area (Å²) in [4.78, 5) is 70.5. The summed E-state index contributed by atoms with van der Waals surface area (Å²) in [6, 6.07) is 0. The quantitative estimate of drug-likeness (QED) is 0.290. The van der Waals surface area contributed by atoms with E-state index in [4.69, 9.17) is 10.5 Å². The number of amides is 6. The van der Waals surface area contributed by atoms with Crippen LogP contribution in [0.4, 0.5) is 0 Å². The first-order valence-electron chi connectivity index (χ1n) is 16.0. The molecule has 0 aliphatic carbocycles. The Morgan fingerprint density at radius 3 is 1.63 bits per heavy atom. The number of carbonyl (C=O) groups is 6. The van der Waals surface area contributed by atoms with E-state index in [9.17, 15) is 28.8 Å². The summed E-state index contributed by atoms with van der Waals surface area (Å²) < 4.78 is 5.85. The predicted molar refractivity (Wildman–Crippen MR) is 171 cm³/mol. The van der Waals surface area contributed by atoms with Crippen molar-refractivity contribution in [2.45, 2.75) is 127 Å². The maximum atomic E-state index is 11.9. The lowest BCUT2D eigenvalue weighted by atomic mass is 10.0. The van der Waals surface area contributed by atoms with Crippen LogP contribution in [-0.4, -0.2) is 77.1 Å². The molecule has 2 aliphatic rings. The Balaban J connectivity index is -0.000000708. The van der Waals surface area contributed by atoms with Gasteiger partial charge in [-0.25, -0.2) is 0 Å². The second-order valence-electron chi connectivity index (χ2n) is 10.8. The van der Waals surface area contributed by atoms with E-state index < -0.39 is 5.91 Å². The topological polar surface area (TPSA) is 156 Å². The Labute approximate surface area is 261 Å². The lowest BCUT2D eigenvalue weighted by molar-refractivity contribution is -0.141. The van der Waals surface area contributed by atoms with Gasteiger partial charge in [-0.1, -0.05) is 69.2 Å². The van der Waals surface area contributed by atoms with E-state index in [1.807, 2.05) is 55.4 Å². The van der Waals surface area contributed by atoms with Gasteiger partial charge in [0, 0.05) is 63.8 Å². The zero-order valence-electron chi connectivity index (χ0n) is 29.1. The minimum absolute atomic E-state index is 0.0458. The van der Waals surface area contributed by atoms with E-state index >= 15 is 0 Å². The van der Waals surface area contributed by atoms with Crippen LogP contribution in [0.2, 0.25) is 0 Å². The molecule has 2 unspecified atom stereocenters. The molecule has 0 aromatic rings. The second kappa shape index (κ2) is 24.6. The zero-order chi connectivity index (χ0) is 34.3. The summed E-state index contributed by atoms with van der Waals surface area (Å²) in [5.41, 5.74) is 4.63. The molecule has 252 valence electrons. The highest BCUT2D eigenvalue weighted by atomic mass is 16.5. The van der Waals surface area contributed by atoms with Crippen molar-refractivity contribution in [2.24, 2.45) is 23.5 Å². The standard InChI is InChI=1S/C18H32N2O4.C8H12N2O3.3C2H6/c1-13(2)7-11-24-18(4,5)8-9-19-15(21)6-10-20-16(22)12-14(3)17(20)23;1-5-4-7(12)10(8(5)13)3-2-6(9)11;3*1-2/h13-14H,6-12H2,1-5H3,(H,19,21);5H,2-4H2,1H3,(H2,9,11);3*1-2H3. The van der Waals surface area contributed by atoms with Crippen molar-refractivity contribution < 1.29 is 33.5 Å². The number of nitrogens with one attached hydrogen (secondary N) is 1. The highest BCUT2D eigenvalue weighted by Crippen LogP contribution is 2.19. The minimum atomic E-state index is -0.500. The highest BCUT2D eigenvalue weighted by Gasteiger charge is 2.36. The van der Waals surface area contributed by atoms with Gasteiger partial charge < -0.3 is 15.8 Å². The Hall–Kier alpha value is -2.82. The predicted octanol–water partition coefficient (Wildman–Crippen LogP) is 4.45. The van der Waals surface area contributed by atoms with E-state index in [0.717, 1.165) is 24.3 Å². The Morgan fingerprint density at radius 1 is 0.860 bits per heavy atom. The van der Waals surface area contributed by atoms with Crippen LogP contribution < -0.4 is 11.1 Å². The van der Waals surface area contributed by atoms with Crippen molar-refractivity contribution in [1.82, 2.24) is 15.1 Å². The minimum Gasteiger partial charge on any atom is -0.375 e. The molecule has 0 spiro atoms. The molecule has 0 bridgehead atoms. The number of nitrogens with two attached hydrogens (primary N) is 1. The first kappa shape index (κ1) is 44.6. The summed E-state index contributed by atoms with van der Waals surface area (Å²) in [5, 5.41) is 2.83. The number of rotatable bonds is 13. The van der Waals surface area contributed by atoms with Gasteiger partial charge in [-0.3, -0.25) is 38.6 Å². The molecular formula is C32H62N4O7. The van der Waals surface area contributed by atoms with Crippen LogP contribution >= 0.6 is 0 Å². The van der Waals surface area contributed by atoms with Crippen molar-refractivity contribution in [3.63, 3.8) is 0 Å². The number of likely N-dealkylation sites (tertiary alicyclic amines) is 2. The van der Waals surface area contributed by atoms with Crippen LogP contribution in [0.25, 0.3) is 0 Å². The molecule has 0 saturated carbocycles. The third-order valence-electron chi connectivity index (χ3n) is 6.32. The zero-order valence-corrected chi connectivity index (χ0v) is 29.1. The lowest BCUT2D eigenvalue weighted by Crippen LogP contribution is -2.37. The van der Waals surface area contributed by atoms with Crippen LogP contribution in [0.15, 0.2) is 0 Å². The smallest absolute Gasteiger partial charge is 0.232 e. The fourth-order valence-electron chi connectivity index (χ4n) is 3.84. The average Bonchev–Trinajstić information content (AvgIpc) is 3.34. The van der Waals surface area contributed by atoms with Crippen molar-refractivity contribution >= 4 is 35.4 Å². The van der Waals surface area contributed by atoms with Crippen LogP contribution in [0.1, 0.15) is 122 Å². The molecule has 0 radical (unpaired) electrons. The largest absolute Gasteiger partial charge is 0.375 e. The van der Waals surface area contributed by atoms with Gasteiger partial charge in [0.15, 0.2) is 0 Å². The summed E-state index contributed by atoms with van der Waals surface area (Å²) in [6.45, 7) is 25.3. The number of ether oxygens (including phenoxy) is 1. The Bertz CT molecular complexity index is 859. The number of primary amides is 1. The van der Waals surface area contributed by atoms with Gasteiger partial charge in [0.25, 0.3) is 0 Å². The molecule has 43 heavy (non-hydrogen) atoms. The number of hydrogen-bond acceptors (Lipinski definition) is 7. The van der Waals surface area contributed by atoms with Crippen molar-refractivity contribution in [1.29, 1.82) is 0 Å². The van der Waals surface area contributed by atoms with Crippen molar-refractivity contribution in [3.8, 4) is 0 Å². The van der Waals surface area contributed by atoms with Gasteiger partial charge in [-0.15, -0.1) is 0 Å². The molecule has 3 N–H and O–H groups in total. The number of nitrogens with zero attached hydrogens (tertiary/aromatic N) is 2. The monoisotopic (exact) mass is 614 g/mol. The van der Waals surface area contributed by atoms with Gasteiger partial charge in [0.05, 0.1) is 5.60 Å². The van der Waals surface area contributed by atoms with Crippen molar-refractivity contribution in [3.05, 3.63) is 0 Å². The first-order chi connectivity index (χ1) is 20.1. The van der Waals surface area contributed by atoms with Crippen molar-refractivity contribution in [2.75, 3.05) is 26.2 Å². The molecule has 2 rings (SSSR count). The van der Waals surface area contributed by atoms with Gasteiger partial charge in [0.2, 0.25) is 35.4 Å². The highest BCUT2D eigenvalue weighted by molar-refractivity contribution is 6.04. The number of hydrogen-bond donors (Lipinski definition) is 2. The molecule has 0 aromatic carbocycles. The van der Waals surface area contributed by atoms with E-state index in [0.29, 0.717) is 12.5 Å². The summed E-state index contributed by atoms with van der Waals surface area (Å²) in [6.07, 6.45) is 2.44. The number of carbonyl (C=O) groups excluding carboxylic acids is 6. The van der Waals surface area contributed by atoms with Crippen LogP contribution in [0, 0.1) is 17.8 Å². The molecular weight excluding hydrogens is 552 g/mol. The molecule has 11 nitrogen and oxygen atoms in total. The normalized spacial score (nSPS) is 17.6. The maximum Gasteiger partial charge on any atom is 0.232 e. The maximum absolute atomic E-state index is 11.9. The van der Waals surface area contributed by atoms with Gasteiger partial charge in [-0.05, 0) is 32.6 Å². The van der Waals surface area contributed by atoms with Crippen LogP contribution in [0.5, 0.6) is 0 Å². The summed E-state index contributed by atoms with van der Waals surface area (Å²) >= 11 is 0. The van der Waals surface area contributed by atoms with E-state index in [1.165, 1.54) is 4.90 Å². The Kier molecular flexibility index (Phi) is 25.5. The molecule has 0 aromatic heterocycles. The fourth-order valence-corrected chi connectivity index (χ4v) is 3.84. The molecule has 6 amide bonds. The molecule has 2 aliphatic heterocycles. The molecule has 2 heterocycles. The van der Waals surface area contributed by atoms with Gasteiger partial charge >= 0.3 is 0 Å². The first-order valence-corrected chi connectivity index (χ1v) is 16.0. The van der Waals surface area contributed by atoms with Gasteiger partial charge in [-0.2, -0.15) is 0 Å². The summed E-state index contributed by atoms with van der Waals surface area (Å²) in [7, 11) is 0. The molecule has 2 atom stereocenters. The van der Waals surface area contributed by atoms with E-state index in [2.05, 4.69) is 19.2 Å². The average molecular weight is 615 g/mol. The van der Waals surface area contributed by atoms with Gasteiger partial charge in [0.1, 0.15) is 0 Å². The molecule has 2 fully saturated rings. The SMILES string of the molecule is CC.CC.CC.CC(C)CCOC(C)(C)CCNC(=O)CCN1C(=O)CC(C)C1=O.CC1CC(=O)N(CCC(N)=O)C1=O. The third-order valence-corrected chi connectivity index (χ3v) is 6.32. The van der Waals surface area contributed by atoms with Crippen LogP contribution in [0.3, 0.4) is 0 Å². The Morgan fingerprint density at radius 2 is 1.28 bits per heavy atom. The number of imide groups is 2. The van der Waals surface area contributed by atoms with Crippen LogP contribution in [-0.2, 0) is 33.5 Å². The van der Waals surface area contributed by atoms with E-state index in [-0.39, 0.29) is 85.7 Å². The van der Waals surface area contributed by atoms with E-state index in [1.54, 1.807) is 13.8 Å². The fraction of sp³-hybridized carbons (Fsp3) is 0.812.